The van der Waals surface area contributed by atoms with Crippen LogP contribution >= 0.6 is 11.6 Å². The van der Waals surface area contributed by atoms with Crippen molar-refractivity contribution in [3.05, 3.63) is 83.5 Å². The SMILES string of the molecule is C=CCOc1ccc(C2CC(=O)Nc3c2cnn3-c2ccc(Cl)cc2)cc1. The van der Waals surface area contributed by atoms with Crippen molar-refractivity contribution >= 4 is 23.3 Å². The molecule has 3 aromatic rings. The molecule has 0 saturated carbocycles. The van der Waals surface area contributed by atoms with Gasteiger partial charge in [0.25, 0.3) is 0 Å². The van der Waals surface area contributed by atoms with Crippen LogP contribution in [0.15, 0.2) is 67.4 Å². The van der Waals surface area contributed by atoms with Gasteiger partial charge in [-0.1, -0.05) is 36.4 Å². The zero-order chi connectivity index (χ0) is 18.8. The summed E-state index contributed by atoms with van der Waals surface area (Å²) in [5.74, 6) is 1.39. The van der Waals surface area contributed by atoms with Gasteiger partial charge in [-0.05, 0) is 42.0 Å². The number of hydrogen-bond acceptors (Lipinski definition) is 3. The number of ether oxygens (including phenoxy) is 1. The molecule has 1 amide bonds. The molecule has 0 radical (unpaired) electrons. The Morgan fingerprint density at radius 3 is 2.67 bits per heavy atom. The predicted molar refractivity (Wildman–Crippen MR) is 106 cm³/mol. The third-order valence-electron chi connectivity index (χ3n) is 4.54. The number of fused-ring (bicyclic) bond motifs is 1. The van der Waals surface area contributed by atoms with E-state index in [9.17, 15) is 4.79 Å². The third-order valence-corrected chi connectivity index (χ3v) is 4.79. The van der Waals surface area contributed by atoms with Crippen LogP contribution in [-0.4, -0.2) is 22.3 Å². The van der Waals surface area contributed by atoms with E-state index in [-0.39, 0.29) is 11.8 Å². The molecule has 0 bridgehead atoms. The van der Waals surface area contributed by atoms with E-state index < -0.39 is 0 Å². The molecule has 1 atom stereocenters. The molecule has 27 heavy (non-hydrogen) atoms. The molecule has 1 N–H and O–H groups in total. The van der Waals surface area contributed by atoms with E-state index in [0.717, 1.165) is 22.6 Å². The minimum absolute atomic E-state index is 0.0322. The van der Waals surface area contributed by atoms with Crippen molar-refractivity contribution in [2.24, 2.45) is 0 Å². The van der Waals surface area contributed by atoms with Crippen LogP contribution in [0.2, 0.25) is 5.02 Å². The Morgan fingerprint density at radius 2 is 1.96 bits per heavy atom. The first-order valence-electron chi connectivity index (χ1n) is 8.63. The van der Waals surface area contributed by atoms with Crippen molar-refractivity contribution in [2.75, 3.05) is 11.9 Å². The summed E-state index contributed by atoms with van der Waals surface area (Å²) in [7, 11) is 0. The summed E-state index contributed by atoms with van der Waals surface area (Å²) in [6, 6.07) is 15.2. The van der Waals surface area contributed by atoms with E-state index >= 15 is 0 Å². The number of carbonyl (C=O) groups is 1. The number of amides is 1. The monoisotopic (exact) mass is 379 g/mol. The quantitative estimate of drug-likeness (QED) is 0.661. The highest BCUT2D eigenvalue weighted by Crippen LogP contribution is 2.38. The van der Waals surface area contributed by atoms with Gasteiger partial charge >= 0.3 is 0 Å². The normalized spacial score (nSPS) is 15.7. The first kappa shape index (κ1) is 17.4. The highest BCUT2D eigenvalue weighted by atomic mass is 35.5. The second-order valence-corrected chi connectivity index (χ2v) is 6.75. The smallest absolute Gasteiger partial charge is 0.226 e. The lowest BCUT2D eigenvalue weighted by atomic mass is 9.87. The number of benzene rings is 2. The maximum Gasteiger partial charge on any atom is 0.226 e. The van der Waals surface area contributed by atoms with Crippen molar-refractivity contribution in [1.29, 1.82) is 0 Å². The van der Waals surface area contributed by atoms with Crippen LogP contribution in [0.3, 0.4) is 0 Å². The lowest BCUT2D eigenvalue weighted by molar-refractivity contribution is -0.116. The Labute approximate surface area is 162 Å². The van der Waals surface area contributed by atoms with Crippen molar-refractivity contribution in [3.63, 3.8) is 0 Å². The molecule has 5 nitrogen and oxygen atoms in total. The molecule has 0 saturated heterocycles. The molecule has 2 heterocycles. The Hall–Kier alpha value is -3.05. The van der Waals surface area contributed by atoms with Crippen molar-refractivity contribution < 1.29 is 9.53 Å². The summed E-state index contributed by atoms with van der Waals surface area (Å²) in [4.78, 5) is 12.3. The Balaban J connectivity index is 1.68. The zero-order valence-corrected chi connectivity index (χ0v) is 15.3. The van der Waals surface area contributed by atoms with Crippen molar-refractivity contribution in [2.45, 2.75) is 12.3 Å². The second kappa shape index (κ2) is 7.29. The second-order valence-electron chi connectivity index (χ2n) is 6.31. The number of rotatable bonds is 5. The molecular formula is C21H18ClN3O2. The first-order valence-corrected chi connectivity index (χ1v) is 9.01. The number of halogens is 1. The maximum absolute atomic E-state index is 12.3. The standard InChI is InChI=1S/C21H18ClN3O2/c1-2-11-27-17-9-3-14(4-10-17)18-12-20(26)24-21-19(18)13-23-25(21)16-7-5-15(22)6-8-16/h2-10,13,18H,1,11-12H2,(H,24,26). The summed E-state index contributed by atoms with van der Waals surface area (Å²) >= 11 is 5.97. The molecule has 0 spiro atoms. The van der Waals surface area contributed by atoms with E-state index in [1.807, 2.05) is 42.6 Å². The first-order chi connectivity index (χ1) is 13.2. The van der Waals surface area contributed by atoms with Gasteiger partial charge in [0, 0.05) is 22.9 Å². The fraction of sp³-hybridized carbons (Fsp3) is 0.143. The topological polar surface area (TPSA) is 56.1 Å². The number of nitrogens with one attached hydrogen (secondary N) is 1. The van der Waals surface area contributed by atoms with Gasteiger partial charge in [-0.25, -0.2) is 4.68 Å². The molecule has 4 rings (SSSR count). The van der Waals surface area contributed by atoms with Gasteiger partial charge in [-0.15, -0.1) is 0 Å². The van der Waals surface area contributed by atoms with Crippen LogP contribution in [0.5, 0.6) is 5.75 Å². The van der Waals surface area contributed by atoms with Crippen LogP contribution < -0.4 is 10.1 Å². The van der Waals surface area contributed by atoms with E-state index in [2.05, 4.69) is 17.0 Å². The van der Waals surface area contributed by atoms with E-state index in [1.165, 1.54) is 0 Å². The van der Waals surface area contributed by atoms with Crippen LogP contribution in [0.4, 0.5) is 5.82 Å². The van der Waals surface area contributed by atoms with E-state index in [1.54, 1.807) is 22.9 Å². The van der Waals surface area contributed by atoms with Gasteiger partial charge in [0.15, 0.2) is 0 Å². The summed E-state index contributed by atoms with van der Waals surface area (Å²) in [5.41, 5.74) is 2.88. The van der Waals surface area contributed by atoms with Crippen molar-refractivity contribution in [1.82, 2.24) is 9.78 Å². The molecule has 1 unspecified atom stereocenters. The van der Waals surface area contributed by atoms with Crippen LogP contribution in [-0.2, 0) is 4.79 Å². The minimum Gasteiger partial charge on any atom is -0.490 e. The van der Waals surface area contributed by atoms with Gasteiger partial charge in [-0.3, -0.25) is 4.79 Å². The number of nitrogens with zero attached hydrogens (tertiary/aromatic N) is 2. The molecule has 0 fully saturated rings. The van der Waals surface area contributed by atoms with Crippen LogP contribution in [0, 0.1) is 0 Å². The molecule has 136 valence electrons. The minimum atomic E-state index is -0.0525. The lowest BCUT2D eigenvalue weighted by Gasteiger charge is -2.24. The summed E-state index contributed by atoms with van der Waals surface area (Å²) in [6.45, 7) is 4.11. The maximum atomic E-state index is 12.3. The largest absolute Gasteiger partial charge is 0.490 e. The van der Waals surface area contributed by atoms with Crippen LogP contribution in [0.25, 0.3) is 5.69 Å². The van der Waals surface area contributed by atoms with E-state index in [0.29, 0.717) is 23.9 Å². The lowest BCUT2D eigenvalue weighted by Crippen LogP contribution is -2.24. The molecular weight excluding hydrogens is 362 g/mol. The van der Waals surface area contributed by atoms with Crippen LogP contribution in [0.1, 0.15) is 23.5 Å². The summed E-state index contributed by atoms with van der Waals surface area (Å²) in [6.07, 6.45) is 3.90. The van der Waals surface area contributed by atoms with Gasteiger partial charge in [0.2, 0.25) is 5.91 Å². The fourth-order valence-corrected chi connectivity index (χ4v) is 3.37. The number of carbonyl (C=O) groups excluding carboxylic acids is 1. The fourth-order valence-electron chi connectivity index (χ4n) is 3.25. The molecule has 1 aliphatic heterocycles. The summed E-state index contributed by atoms with van der Waals surface area (Å²) in [5, 5.41) is 8.10. The molecule has 1 aliphatic rings. The van der Waals surface area contributed by atoms with Gasteiger partial charge < -0.3 is 10.1 Å². The third kappa shape index (κ3) is 3.46. The Morgan fingerprint density at radius 1 is 1.22 bits per heavy atom. The summed E-state index contributed by atoms with van der Waals surface area (Å²) < 4.78 is 7.27. The van der Waals surface area contributed by atoms with Gasteiger partial charge in [0.05, 0.1) is 11.9 Å². The molecule has 0 aliphatic carbocycles. The Bertz CT molecular complexity index is 978. The molecule has 1 aromatic heterocycles. The Kier molecular flexibility index (Phi) is 4.69. The van der Waals surface area contributed by atoms with Crippen molar-refractivity contribution in [3.8, 4) is 11.4 Å². The number of aromatic nitrogens is 2. The average Bonchev–Trinajstić information content (AvgIpc) is 3.10. The number of hydrogen-bond donors (Lipinski definition) is 1. The highest BCUT2D eigenvalue weighted by molar-refractivity contribution is 6.30. The van der Waals surface area contributed by atoms with Gasteiger partial charge in [0.1, 0.15) is 18.2 Å². The highest BCUT2D eigenvalue weighted by Gasteiger charge is 2.30. The molecule has 2 aromatic carbocycles. The zero-order valence-electron chi connectivity index (χ0n) is 14.6. The van der Waals surface area contributed by atoms with E-state index in [4.69, 9.17) is 16.3 Å². The predicted octanol–water partition coefficient (Wildman–Crippen LogP) is 4.56. The molecule has 6 heteroatoms. The average molecular weight is 380 g/mol. The number of anilines is 1. The van der Waals surface area contributed by atoms with Gasteiger partial charge in [-0.2, -0.15) is 5.10 Å².